The first-order valence-corrected chi connectivity index (χ1v) is 11.4. The summed E-state index contributed by atoms with van der Waals surface area (Å²) in [6.45, 7) is 7.36. The molecule has 0 aliphatic carbocycles. The largest absolute Gasteiger partial charge is 0.487 e. The van der Waals surface area contributed by atoms with Gasteiger partial charge >= 0.3 is 5.97 Å². The molecule has 2 unspecified atom stereocenters. The van der Waals surface area contributed by atoms with Crippen LogP contribution >= 0.6 is 0 Å². The lowest BCUT2D eigenvalue weighted by atomic mass is 9.68. The van der Waals surface area contributed by atoms with E-state index in [1.807, 2.05) is 42.5 Å². The summed E-state index contributed by atoms with van der Waals surface area (Å²) in [6.07, 6.45) is 1.77. The standard InChI is InChI=1S/C28H30N2O4/c1-19(2)28(3,22-12-14-24(15-13-22)33-17-23-7-5-6-16-29-23)21-10-8-20(9-11-21)26-30-25(18-34-26)27(31)32-4/h5-16,19,25H,17-18H2,1-4H3. The second kappa shape index (κ2) is 10.1. The Balaban J connectivity index is 1.52. The molecule has 2 heterocycles. The molecule has 1 aliphatic heterocycles. The molecular weight excluding hydrogens is 428 g/mol. The third-order valence-electron chi connectivity index (χ3n) is 6.58. The molecule has 2 atom stereocenters. The van der Waals surface area contributed by atoms with E-state index in [4.69, 9.17) is 14.2 Å². The zero-order valence-corrected chi connectivity index (χ0v) is 20.0. The van der Waals surface area contributed by atoms with Gasteiger partial charge in [0, 0.05) is 17.2 Å². The van der Waals surface area contributed by atoms with Crippen LogP contribution in [0, 0.1) is 5.92 Å². The Morgan fingerprint density at radius 1 is 1.06 bits per heavy atom. The van der Waals surface area contributed by atoms with Gasteiger partial charge in [-0.15, -0.1) is 0 Å². The van der Waals surface area contributed by atoms with Crippen LogP contribution in [0.4, 0.5) is 0 Å². The van der Waals surface area contributed by atoms with E-state index in [0.717, 1.165) is 17.0 Å². The highest BCUT2D eigenvalue weighted by Crippen LogP contribution is 2.39. The number of methoxy groups -OCH3 is 1. The summed E-state index contributed by atoms with van der Waals surface area (Å²) in [4.78, 5) is 20.4. The molecule has 0 spiro atoms. The molecule has 0 saturated heterocycles. The molecule has 6 nitrogen and oxygen atoms in total. The summed E-state index contributed by atoms with van der Waals surface area (Å²) in [6, 6.07) is 21.7. The minimum atomic E-state index is -0.598. The van der Waals surface area contributed by atoms with Crippen molar-refractivity contribution >= 4 is 11.9 Å². The molecule has 6 heteroatoms. The van der Waals surface area contributed by atoms with Gasteiger partial charge in [0.15, 0.2) is 6.04 Å². The average Bonchev–Trinajstić information content (AvgIpc) is 3.38. The molecule has 1 aromatic heterocycles. The van der Waals surface area contributed by atoms with Gasteiger partial charge in [-0.2, -0.15) is 0 Å². The molecule has 34 heavy (non-hydrogen) atoms. The average molecular weight is 459 g/mol. The topological polar surface area (TPSA) is 70.0 Å². The fraction of sp³-hybridized carbons (Fsp3) is 0.321. The van der Waals surface area contributed by atoms with E-state index in [-0.39, 0.29) is 18.0 Å². The lowest BCUT2D eigenvalue weighted by Crippen LogP contribution is -2.30. The molecule has 176 valence electrons. The van der Waals surface area contributed by atoms with Gasteiger partial charge in [-0.25, -0.2) is 9.79 Å². The Labute approximate surface area is 200 Å². The second-order valence-corrected chi connectivity index (χ2v) is 8.85. The summed E-state index contributed by atoms with van der Waals surface area (Å²) in [7, 11) is 1.36. The second-order valence-electron chi connectivity index (χ2n) is 8.85. The number of ether oxygens (including phenoxy) is 3. The van der Waals surface area contributed by atoms with E-state index < -0.39 is 6.04 Å². The Bertz CT molecular complexity index is 1140. The van der Waals surface area contributed by atoms with E-state index >= 15 is 0 Å². The zero-order valence-electron chi connectivity index (χ0n) is 20.0. The van der Waals surface area contributed by atoms with Gasteiger partial charge in [-0.05, 0) is 53.4 Å². The Kier molecular flexibility index (Phi) is 6.96. The van der Waals surface area contributed by atoms with Crippen LogP contribution < -0.4 is 4.74 Å². The van der Waals surface area contributed by atoms with E-state index in [9.17, 15) is 4.79 Å². The Morgan fingerprint density at radius 3 is 2.32 bits per heavy atom. The van der Waals surface area contributed by atoms with Gasteiger partial charge < -0.3 is 14.2 Å². The highest BCUT2D eigenvalue weighted by atomic mass is 16.5. The minimum Gasteiger partial charge on any atom is -0.487 e. The first-order valence-electron chi connectivity index (χ1n) is 11.4. The van der Waals surface area contributed by atoms with Gasteiger partial charge in [0.2, 0.25) is 5.90 Å². The third-order valence-corrected chi connectivity index (χ3v) is 6.58. The van der Waals surface area contributed by atoms with Gasteiger partial charge in [0.1, 0.15) is 19.0 Å². The number of hydrogen-bond donors (Lipinski definition) is 0. The molecule has 1 aliphatic rings. The smallest absolute Gasteiger partial charge is 0.334 e. The highest BCUT2D eigenvalue weighted by Gasteiger charge is 2.33. The normalized spacial score (nSPS) is 17.0. The lowest BCUT2D eigenvalue weighted by molar-refractivity contribution is -0.142. The van der Waals surface area contributed by atoms with Crippen molar-refractivity contribution in [2.24, 2.45) is 10.9 Å². The van der Waals surface area contributed by atoms with Crippen LogP contribution in [-0.4, -0.2) is 36.6 Å². The van der Waals surface area contributed by atoms with Gasteiger partial charge in [-0.1, -0.05) is 51.1 Å². The van der Waals surface area contributed by atoms with Crippen molar-refractivity contribution in [1.29, 1.82) is 0 Å². The summed E-state index contributed by atoms with van der Waals surface area (Å²) in [5, 5.41) is 0. The molecule has 2 aromatic carbocycles. The predicted octanol–water partition coefficient (Wildman–Crippen LogP) is 4.94. The van der Waals surface area contributed by atoms with Crippen molar-refractivity contribution < 1.29 is 19.0 Å². The van der Waals surface area contributed by atoms with Gasteiger partial charge in [0.05, 0.1) is 12.8 Å². The van der Waals surface area contributed by atoms with Crippen LogP contribution in [0.3, 0.4) is 0 Å². The van der Waals surface area contributed by atoms with Crippen LogP contribution in [-0.2, 0) is 26.3 Å². The van der Waals surface area contributed by atoms with Crippen LogP contribution in [0.25, 0.3) is 0 Å². The number of carbonyl (C=O) groups excluding carboxylic acids is 1. The molecule has 0 N–H and O–H groups in total. The quantitative estimate of drug-likeness (QED) is 0.447. The number of benzene rings is 2. The summed E-state index contributed by atoms with van der Waals surface area (Å²) < 4.78 is 16.3. The zero-order chi connectivity index (χ0) is 24.1. The van der Waals surface area contributed by atoms with Crippen molar-refractivity contribution in [2.75, 3.05) is 13.7 Å². The van der Waals surface area contributed by atoms with Gasteiger partial charge in [-0.3, -0.25) is 4.98 Å². The first kappa shape index (κ1) is 23.5. The van der Waals surface area contributed by atoms with Crippen molar-refractivity contribution in [3.8, 4) is 5.75 Å². The molecule has 0 radical (unpaired) electrons. The number of carbonyl (C=O) groups is 1. The number of pyridine rings is 1. The van der Waals surface area contributed by atoms with E-state index in [2.05, 4.69) is 55.0 Å². The fourth-order valence-corrected chi connectivity index (χ4v) is 4.12. The maximum Gasteiger partial charge on any atom is 0.334 e. The van der Waals surface area contributed by atoms with Crippen LogP contribution in [0.5, 0.6) is 5.75 Å². The monoisotopic (exact) mass is 458 g/mol. The highest BCUT2D eigenvalue weighted by molar-refractivity contribution is 5.97. The summed E-state index contributed by atoms with van der Waals surface area (Å²) >= 11 is 0. The fourth-order valence-electron chi connectivity index (χ4n) is 4.12. The van der Waals surface area contributed by atoms with Crippen LogP contribution in [0.2, 0.25) is 0 Å². The third kappa shape index (κ3) is 4.81. The number of aromatic nitrogens is 1. The summed E-state index contributed by atoms with van der Waals surface area (Å²) in [5.41, 5.74) is 3.94. The maximum atomic E-state index is 11.7. The molecule has 3 aromatic rings. The van der Waals surface area contributed by atoms with Crippen molar-refractivity contribution in [1.82, 2.24) is 4.98 Å². The SMILES string of the molecule is COC(=O)C1COC(c2ccc(C(C)(c3ccc(OCc4ccccn4)cc3)C(C)C)cc2)=N1. The van der Waals surface area contributed by atoms with Crippen molar-refractivity contribution in [2.45, 2.75) is 38.8 Å². The number of rotatable bonds is 8. The molecule has 0 saturated carbocycles. The molecule has 0 bridgehead atoms. The molecule has 0 amide bonds. The number of hydrogen-bond acceptors (Lipinski definition) is 6. The maximum absolute atomic E-state index is 11.7. The van der Waals surface area contributed by atoms with Crippen molar-refractivity contribution in [3.63, 3.8) is 0 Å². The minimum absolute atomic E-state index is 0.203. The lowest BCUT2D eigenvalue weighted by Gasteiger charge is -2.35. The number of esters is 1. The number of aliphatic imine (C=N–C) groups is 1. The van der Waals surface area contributed by atoms with Crippen LogP contribution in [0.1, 0.15) is 43.2 Å². The summed E-state index contributed by atoms with van der Waals surface area (Å²) in [5.74, 6) is 1.25. The van der Waals surface area contributed by atoms with E-state index in [1.165, 1.54) is 18.2 Å². The molecule has 0 fully saturated rings. The predicted molar refractivity (Wildman–Crippen MR) is 131 cm³/mol. The van der Waals surface area contributed by atoms with Crippen molar-refractivity contribution in [3.05, 3.63) is 95.3 Å². The van der Waals surface area contributed by atoms with Gasteiger partial charge in [0.25, 0.3) is 0 Å². The molecule has 4 rings (SSSR count). The van der Waals surface area contributed by atoms with E-state index in [0.29, 0.717) is 18.4 Å². The van der Waals surface area contributed by atoms with Crippen LogP contribution in [0.15, 0.2) is 77.9 Å². The Hall–Kier alpha value is -3.67. The first-order chi connectivity index (χ1) is 16.4. The Morgan fingerprint density at radius 2 is 1.74 bits per heavy atom. The molecular formula is C28H30N2O4. The van der Waals surface area contributed by atoms with E-state index in [1.54, 1.807) is 6.20 Å². The number of nitrogens with zero attached hydrogens (tertiary/aromatic N) is 2.